The van der Waals surface area contributed by atoms with Crippen molar-refractivity contribution < 1.29 is 28.5 Å². The van der Waals surface area contributed by atoms with Crippen molar-refractivity contribution >= 4 is 5.97 Å². The summed E-state index contributed by atoms with van der Waals surface area (Å²) in [5, 5.41) is 11.4. The molecule has 1 aromatic heterocycles. The summed E-state index contributed by atoms with van der Waals surface area (Å²) in [6.07, 6.45) is 7.16. The molecule has 170 valence electrons. The van der Waals surface area contributed by atoms with Gasteiger partial charge in [0.25, 0.3) is 0 Å². The van der Waals surface area contributed by atoms with Crippen LogP contribution in [0, 0.1) is 22.7 Å². The molecule has 5 fully saturated rings. The highest BCUT2D eigenvalue weighted by atomic mass is 16.6. The number of epoxide rings is 1. The van der Waals surface area contributed by atoms with Gasteiger partial charge in [0.05, 0.1) is 24.7 Å². The molecule has 2 aliphatic carbocycles. The van der Waals surface area contributed by atoms with Crippen molar-refractivity contribution in [2.24, 2.45) is 22.7 Å². The van der Waals surface area contributed by atoms with Crippen LogP contribution in [0.25, 0.3) is 0 Å². The van der Waals surface area contributed by atoms with E-state index >= 15 is 0 Å². The van der Waals surface area contributed by atoms with Crippen molar-refractivity contribution in [3.63, 3.8) is 0 Å². The number of furan rings is 1. The Balaban J connectivity index is 1.55. The molecule has 2 saturated carbocycles. The highest BCUT2D eigenvalue weighted by Crippen LogP contribution is 2.74. The van der Waals surface area contributed by atoms with Gasteiger partial charge in [-0.2, -0.15) is 0 Å². The molecule has 5 aliphatic rings. The van der Waals surface area contributed by atoms with Crippen LogP contribution in [-0.2, 0) is 19.0 Å². The minimum absolute atomic E-state index is 0.0279. The molecular formula is C25H34O6. The fraction of sp³-hybridized carbons (Fsp3) is 0.720. The van der Waals surface area contributed by atoms with E-state index in [9.17, 15) is 9.90 Å². The minimum atomic E-state index is -0.894. The van der Waals surface area contributed by atoms with Gasteiger partial charge >= 0.3 is 5.97 Å². The number of carbonyl (C=O) groups is 1. The van der Waals surface area contributed by atoms with E-state index in [2.05, 4.69) is 20.8 Å². The van der Waals surface area contributed by atoms with Gasteiger partial charge < -0.3 is 23.7 Å². The highest BCUT2D eigenvalue weighted by Gasteiger charge is 2.79. The standard InChI is InChI=1S/C25H34O6/c1-6-14(2)21(26)29-17(16-9-10-28-13-16)12-25-15(3)11-20(30-22(25)27)23(4)18(25)7-8-19-24(23,5)31-19/h6,9-10,13,15,17-20,22,27H,7-8,11-12H2,1-5H3/b14-6-/t15-,17-,18+,19-,20+,22+,23-,24-,25-/m1/s1. The number of fused-ring (bicyclic) bond motifs is 3. The Morgan fingerprint density at radius 3 is 2.77 bits per heavy atom. The topological polar surface area (TPSA) is 81.4 Å². The van der Waals surface area contributed by atoms with Crippen molar-refractivity contribution in [3.05, 3.63) is 35.8 Å². The van der Waals surface area contributed by atoms with E-state index in [4.69, 9.17) is 18.6 Å². The molecule has 6 rings (SSSR count). The fourth-order valence-corrected chi connectivity index (χ4v) is 7.22. The van der Waals surface area contributed by atoms with E-state index in [1.807, 2.05) is 13.0 Å². The number of esters is 1. The predicted molar refractivity (Wildman–Crippen MR) is 113 cm³/mol. The zero-order chi connectivity index (χ0) is 22.2. The number of carbonyl (C=O) groups excluding carboxylic acids is 1. The van der Waals surface area contributed by atoms with Gasteiger partial charge in [0.15, 0.2) is 6.29 Å². The monoisotopic (exact) mass is 430 g/mol. The zero-order valence-corrected chi connectivity index (χ0v) is 19.1. The molecule has 0 amide bonds. The van der Waals surface area contributed by atoms with Crippen LogP contribution < -0.4 is 0 Å². The van der Waals surface area contributed by atoms with Crippen molar-refractivity contribution in [2.45, 2.75) is 90.5 Å². The quantitative estimate of drug-likeness (QED) is 0.420. The average molecular weight is 431 g/mol. The summed E-state index contributed by atoms with van der Waals surface area (Å²) in [5.74, 6) is 0.105. The number of hydrogen-bond donors (Lipinski definition) is 1. The molecule has 0 radical (unpaired) electrons. The van der Waals surface area contributed by atoms with Crippen molar-refractivity contribution in [2.75, 3.05) is 0 Å². The maximum atomic E-state index is 12.7. The fourth-order valence-electron chi connectivity index (χ4n) is 7.22. The normalized spacial score (nSPS) is 46.8. The van der Waals surface area contributed by atoms with Crippen LogP contribution in [0.4, 0.5) is 0 Å². The molecule has 0 aromatic carbocycles. The summed E-state index contributed by atoms with van der Waals surface area (Å²) < 4.78 is 23.8. The lowest BCUT2D eigenvalue weighted by Crippen LogP contribution is -2.72. The van der Waals surface area contributed by atoms with E-state index in [1.54, 1.807) is 25.5 Å². The Hall–Kier alpha value is -1.63. The van der Waals surface area contributed by atoms with Crippen molar-refractivity contribution in [1.29, 1.82) is 0 Å². The molecule has 6 nitrogen and oxygen atoms in total. The summed E-state index contributed by atoms with van der Waals surface area (Å²) in [7, 11) is 0. The lowest BCUT2D eigenvalue weighted by Gasteiger charge is -2.68. The van der Waals surface area contributed by atoms with E-state index < -0.39 is 17.8 Å². The molecule has 2 bridgehead atoms. The number of allylic oxidation sites excluding steroid dienone is 1. The van der Waals surface area contributed by atoms with Gasteiger partial charge in [0, 0.05) is 22.0 Å². The second-order valence-electron chi connectivity index (χ2n) is 10.5. The lowest BCUT2D eigenvalue weighted by molar-refractivity contribution is -0.368. The molecular weight excluding hydrogens is 396 g/mol. The highest BCUT2D eigenvalue weighted by molar-refractivity contribution is 5.87. The summed E-state index contributed by atoms with van der Waals surface area (Å²) in [6, 6.07) is 1.84. The van der Waals surface area contributed by atoms with Crippen LogP contribution >= 0.6 is 0 Å². The van der Waals surface area contributed by atoms with Gasteiger partial charge in [-0.15, -0.1) is 0 Å². The van der Waals surface area contributed by atoms with Crippen LogP contribution in [0.2, 0.25) is 0 Å². The first-order chi connectivity index (χ1) is 14.7. The Labute approximate surface area is 183 Å². The summed E-state index contributed by atoms with van der Waals surface area (Å²) >= 11 is 0. The molecule has 3 saturated heterocycles. The van der Waals surface area contributed by atoms with Gasteiger partial charge in [0.2, 0.25) is 0 Å². The Kier molecular flexibility index (Phi) is 4.75. The number of rotatable bonds is 5. The Morgan fingerprint density at radius 2 is 2.13 bits per heavy atom. The molecule has 1 N–H and O–H groups in total. The first-order valence-corrected chi connectivity index (χ1v) is 11.6. The summed E-state index contributed by atoms with van der Waals surface area (Å²) in [5.41, 5.74) is 0.451. The zero-order valence-electron chi connectivity index (χ0n) is 19.1. The smallest absolute Gasteiger partial charge is 0.333 e. The Morgan fingerprint density at radius 1 is 1.35 bits per heavy atom. The summed E-state index contributed by atoms with van der Waals surface area (Å²) in [4.78, 5) is 12.7. The average Bonchev–Trinajstić information content (AvgIpc) is 3.16. The first-order valence-electron chi connectivity index (χ1n) is 11.6. The van der Waals surface area contributed by atoms with E-state index in [0.717, 1.165) is 24.8 Å². The maximum absolute atomic E-state index is 12.7. The van der Waals surface area contributed by atoms with Crippen molar-refractivity contribution in [3.8, 4) is 0 Å². The third kappa shape index (κ3) is 2.71. The second kappa shape index (κ2) is 6.93. The van der Waals surface area contributed by atoms with Crippen molar-refractivity contribution in [1.82, 2.24) is 0 Å². The van der Waals surface area contributed by atoms with Crippen LogP contribution in [0.5, 0.6) is 0 Å². The third-order valence-corrected chi connectivity index (χ3v) is 9.47. The van der Waals surface area contributed by atoms with Gasteiger partial charge in [0.1, 0.15) is 11.7 Å². The van der Waals surface area contributed by atoms with Gasteiger partial charge in [-0.05, 0) is 64.4 Å². The second-order valence-corrected chi connectivity index (χ2v) is 10.5. The number of aliphatic hydroxyl groups is 1. The third-order valence-electron chi connectivity index (χ3n) is 9.47. The largest absolute Gasteiger partial charge is 0.472 e. The summed E-state index contributed by atoms with van der Waals surface area (Å²) in [6.45, 7) is 10.3. The molecule has 6 heteroatoms. The molecule has 1 aromatic rings. The predicted octanol–water partition coefficient (Wildman–Crippen LogP) is 4.54. The molecule has 0 unspecified atom stereocenters. The van der Waals surface area contributed by atoms with E-state index in [-0.39, 0.29) is 41.0 Å². The maximum Gasteiger partial charge on any atom is 0.333 e. The molecule has 31 heavy (non-hydrogen) atoms. The first kappa shape index (κ1) is 21.2. The van der Waals surface area contributed by atoms with Gasteiger partial charge in [-0.1, -0.05) is 19.9 Å². The van der Waals surface area contributed by atoms with Crippen LogP contribution in [0.1, 0.15) is 72.0 Å². The van der Waals surface area contributed by atoms with E-state index in [1.165, 1.54) is 0 Å². The molecule has 9 atom stereocenters. The van der Waals surface area contributed by atoms with Gasteiger partial charge in [-0.3, -0.25) is 0 Å². The Bertz CT molecular complexity index is 878. The molecule has 3 aliphatic heterocycles. The number of aliphatic hydroxyl groups excluding tert-OH is 1. The van der Waals surface area contributed by atoms with E-state index in [0.29, 0.717) is 12.0 Å². The minimum Gasteiger partial charge on any atom is -0.472 e. The molecule has 0 spiro atoms. The lowest BCUT2D eigenvalue weighted by atomic mass is 9.41. The van der Waals surface area contributed by atoms with Gasteiger partial charge in [-0.25, -0.2) is 4.79 Å². The SMILES string of the molecule is C/C=C(/C)C(=O)O[C@H](C[C@]12[C@H](C)C[C@H](O[C@@H]1O)[C@@]1(C)[C@@H]2CC[C@H]2O[C@]21C)c1ccoc1. The number of ether oxygens (including phenoxy) is 3. The van der Waals surface area contributed by atoms with Crippen LogP contribution in [0.3, 0.4) is 0 Å². The number of hydrogen-bond acceptors (Lipinski definition) is 6. The van der Waals surface area contributed by atoms with Crippen LogP contribution in [0.15, 0.2) is 34.7 Å². The molecule has 4 heterocycles. The van der Waals surface area contributed by atoms with Crippen LogP contribution in [-0.4, -0.2) is 35.2 Å².